The molecular weight excluding hydrogens is 350 g/mol. The van der Waals surface area contributed by atoms with Gasteiger partial charge in [0.1, 0.15) is 11.6 Å². The van der Waals surface area contributed by atoms with E-state index < -0.39 is 0 Å². The molecule has 0 aliphatic carbocycles. The van der Waals surface area contributed by atoms with Gasteiger partial charge in [0.25, 0.3) is 0 Å². The molecule has 3 heterocycles. The van der Waals surface area contributed by atoms with Crippen LogP contribution in [0.3, 0.4) is 0 Å². The van der Waals surface area contributed by atoms with E-state index in [4.69, 9.17) is 10.7 Å². The van der Waals surface area contributed by atoms with Crippen molar-refractivity contribution in [3.63, 3.8) is 0 Å². The smallest absolute Gasteiger partial charge is 0.229 e. The van der Waals surface area contributed by atoms with Crippen LogP contribution in [0.5, 0.6) is 0 Å². The van der Waals surface area contributed by atoms with E-state index in [1.54, 1.807) is 9.42 Å². The number of para-hydroxylation sites is 1. The molecule has 1 aromatic carbocycles. The zero-order chi connectivity index (χ0) is 18.3. The first-order valence-electron chi connectivity index (χ1n) is 7.94. The summed E-state index contributed by atoms with van der Waals surface area (Å²) in [6.07, 6.45) is 0. The van der Waals surface area contributed by atoms with E-state index in [1.807, 2.05) is 45.3 Å². The molecule has 0 radical (unpaired) electrons. The largest absolute Gasteiger partial charge is 0.368 e. The molecule has 0 fully saturated rings. The first-order chi connectivity index (χ1) is 12.5. The zero-order valence-corrected chi connectivity index (χ0v) is 15.4. The normalized spacial score (nSPS) is 11.3. The average molecular weight is 367 g/mol. The van der Waals surface area contributed by atoms with Crippen molar-refractivity contribution in [3.05, 3.63) is 35.9 Å². The minimum atomic E-state index is 0.201. The Hall–Kier alpha value is -3.01. The van der Waals surface area contributed by atoms with Gasteiger partial charge in [-0.05, 0) is 19.1 Å². The Morgan fingerprint density at radius 3 is 2.69 bits per heavy atom. The number of nitrogens with two attached hydrogens (primary N) is 1. The van der Waals surface area contributed by atoms with Crippen molar-refractivity contribution in [2.45, 2.75) is 17.8 Å². The zero-order valence-electron chi connectivity index (χ0n) is 14.6. The van der Waals surface area contributed by atoms with Gasteiger partial charge < -0.3 is 10.6 Å². The van der Waals surface area contributed by atoms with Gasteiger partial charge in [0.05, 0.1) is 11.3 Å². The molecule has 9 nitrogen and oxygen atoms in total. The molecule has 2 N–H and O–H groups in total. The summed E-state index contributed by atoms with van der Waals surface area (Å²) in [7, 11) is 3.72. The van der Waals surface area contributed by atoms with Gasteiger partial charge in [0, 0.05) is 19.5 Å². The molecule has 0 aliphatic rings. The third-order valence-corrected chi connectivity index (χ3v) is 4.60. The molecule has 3 aromatic heterocycles. The van der Waals surface area contributed by atoms with E-state index in [0.717, 1.165) is 21.7 Å². The maximum absolute atomic E-state index is 5.79. The third kappa shape index (κ3) is 2.99. The highest BCUT2D eigenvalue weighted by molar-refractivity contribution is 7.98. The van der Waals surface area contributed by atoms with Crippen molar-refractivity contribution in [3.8, 4) is 0 Å². The average Bonchev–Trinajstić information content (AvgIpc) is 3.01. The SMILES string of the molecule is Cc1nc2c3ccccc3nc(SCc3nc(N)nc(N(C)C)n3)n2n1. The fourth-order valence-electron chi connectivity index (χ4n) is 2.55. The van der Waals surface area contributed by atoms with Gasteiger partial charge in [-0.15, -0.1) is 5.10 Å². The van der Waals surface area contributed by atoms with E-state index >= 15 is 0 Å². The van der Waals surface area contributed by atoms with Crippen LogP contribution in [0.4, 0.5) is 11.9 Å². The molecule has 0 bridgehead atoms. The Morgan fingerprint density at radius 2 is 1.88 bits per heavy atom. The minimum Gasteiger partial charge on any atom is -0.368 e. The Kier molecular flexibility index (Phi) is 4.03. The van der Waals surface area contributed by atoms with Crippen LogP contribution in [0.25, 0.3) is 16.6 Å². The van der Waals surface area contributed by atoms with Gasteiger partial charge in [-0.1, -0.05) is 23.9 Å². The van der Waals surface area contributed by atoms with Crippen molar-refractivity contribution in [2.24, 2.45) is 0 Å². The second-order valence-corrected chi connectivity index (χ2v) is 6.84. The number of benzene rings is 1. The number of aromatic nitrogens is 7. The summed E-state index contributed by atoms with van der Waals surface area (Å²) in [6, 6.07) is 7.89. The highest BCUT2D eigenvalue weighted by Gasteiger charge is 2.14. The lowest BCUT2D eigenvalue weighted by Crippen LogP contribution is -2.16. The summed E-state index contributed by atoms with van der Waals surface area (Å²) in [5, 5.41) is 6.17. The van der Waals surface area contributed by atoms with Gasteiger partial charge in [0.15, 0.2) is 10.8 Å². The summed E-state index contributed by atoms with van der Waals surface area (Å²) in [5.41, 5.74) is 7.46. The Morgan fingerprint density at radius 1 is 1.08 bits per heavy atom. The third-order valence-electron chi connectivity index (χ3n) is 3.67. The van der Waals surface area contributed by atoms with Crippen LogP contribution in [-0.4, -0.2) is 48.6 Å². The number of thioether (sulfide) groups is 1. The number of fused-ring (bicyclic) bond motifs is 3. The second kappa shape index (κ2) is 6.37. The van der Waals surface area contributed by atoms with Crippen LogP contribution in [0.15, 0.2) is 29.4 Å². The maximum atomic E-state index is 5.79. The highest BCUT2D eigenvalue weighted by atomic mass is 32.2. The number of aryl methyl sites for hydroxylation is 1. The van der Waals surface area contributed by atoms with Crippen LogP contribution in [-0.2, 0) is 5.75 Å². The quantitative estimate of drug-likeness (QED) is 0.425. The van der Waals surface area contributed by atoms with Gasteiger partial charge >= 0.3 is 0 Å². The molecule has 132 valence electrons. The predicted molar refractivity (Wildman–Crippen MR) is 101 cm³/mol. The molecule has 4 aromatic rings. The summed E-state index contributed by atoms with van der Waals surface area (Å²) >= 11 is 1.48. The van der Waals surface area contributed by atoms with Crippen LogP contribution < -0.4 is 10.6 Å². The lowest BCUT2D eigenvalue weighted by molar-refractivity contribution is 0.795. The topological polar surface area (TPSA) is 111 Å². The van der Waals surface area contributed by atoms with E-state index in [1.165, 1.54) is 11.8 Å². The standard InChI is InChI=1S/C16H17N9S/c1-9-18-13-10-6-4-5-7-11(10)19-16(25(13)23-9)26-8-12-20-14(17)22-15(21-12)24(2)3/h4-7H,8H2,1-3H3,(H2,17,20,21,22). The van der Waals surface area contributed by atoms with Crippen LogP contribution >= 0.6 is 11.8 Å². The lowest BCUT2D eigenvalue weighted by atomic mass is 10.2. The van der Waals surface area contributed by atoms with Gasteiger partial charge in [-0.2, -0.15) is 19.5 Å². The van der Waals surface area contributed by atoms with Gasteiger partial charge in [-0.25, -0.2) is 9.97 Å². The Balaban J connectivity index is 1.73. The molecule has 0 unspecified atom stereocenters. The molecule has 4 rings (SSSR count). The fraction of sp³-hybridized carbons (Fsp3) is 0.250. The summed E-state index contributed by atoms with van der Waals surface area (Å²) in [6.45, 7) is 1.87. The number of hydrogen-bond acceptors (Lipinski definition) is 9. The van der Waals surface area contributed by atoms with Crippen LogP contribution in [0.1, 0.15) is 11.6 Å². The first kappa shape index (κ1) is 16.5. The number of hydrogen-bond donors (Lipinski definition) is 1. The van der Waals surface area contributed by atoms with Crippen molar-refractivity contribution in [1.82, 2.24) is 34.5 Å². The number of anilines is 2. The summed E-state index contributed by atoms with van der Waals surface area (Å²) in [5.74, 6) is 2.51. The molecule has 0 saturated heterocycles. The summed E-state index contributed by atoms with van der Waals surface area (Å²) < 4.78 is 1.76. The molecule has 0 spiro atoms. The molecule has 0 saturated carbocycles. The number of nitrogens with zero attached hydrogens (tertiary/aromatic N) is 8. The molecule has 0 amide bonds. The number of rotatable bonds is 4. The van der Waals surface area contributed by atoms with E-state index in [9.17, 15) is 0 Å². The monoisotopic (exact) mass is 367 g/mol. The first-order valence-corrected chi connectivity index (χ1v) is 8.92. The van der Waals surface area contributed by atoms with E-state index in [2.05, 4.69) is 25.0 Å². The van der Waals surface area contributed by atoms with Gasteiger partial charge in [-0.3, -0.25) is 0 Å². The molecule has 0 atom stereocenters. The van der Waals surface area contributed by atoms with Crippen molar-refractivity contribution >= 4 is 40.2 Å². The van der Waals surface area contributed by atoms with Crippen LogP contribution in [0, 0.1) is 6.92 Å². The lowest BCUT2D eigenvalue weighted by Gasteiger charge is -2.11. The summed E-state index contributed by atoms with van der Waals surface area (Å²) in [4.78, 5) is 23.8. The maximum Gasteiger partial charge on any atom is 0.229 e. The molecule has 26 heavy (non-hydrogen) atoms. The van der Waals surface area contributed by atoms with Crippen molar-refractivity contribution in [2.75, 3.05) is 24.7 Å². The van der Waals surface area contributed by atoms with Crippen molar-refractivity contribution in [1.29, 1.82) is 0 Å². The van der Waals surface area contributed by atoms with E-state index in [-0.39, 0.29) is 5.95 Å². The fourth-order valence-corrected chi connectivity index (χ4v) is 3.35. The Bertz CT molecular complexity index is 1110. The van der Waals surface area contributed by atoms with Crippen molar-refractivity contribution < 1.29 is 0 Å². The highest BCUT2D eigenvalue weighted by Crippen LogP contribution is 2.25. The van der Waals surface area contributed by atoms with Gasteiger partial charge in [0.2, 0.25) is 11.9 Å². The van der Waals surface area contributed by atoms with Crippen LogP contribution in [0.2, 0.25) is 0 Å². The Labute approximate surface area is 153 Å². The number of nitrogen functional groups attached to an aromatic ring is 1. The minimum absolute atomic E-state index is 0.201. The van der Waals surface area contributed by atoms with E-state index in [0.29, 0.717) is 23.4 Å². The molecular formula is C16H17N9S. The second-order valence-electron chi connectivity index (χ2n) is 5.90. The molecule has 0 aliphatic heterocycles. The molecule has 10 heteroatoms. The predicted octanol–water partition coefficient (Wildman–Crippen LogP) is 1.71.